The van der Waals surface area contributed by atoms with Crippen molar-refractivity contribution in [3.8, 4) is 5.75 Å². The van der Waals surface area contributed by atoms with Crippen LogP contribution in [0.4, 0.5) is 0 Å². The molecule has 2 atom stereocenters. The number of hydrogen-bond donors (Lipinski definition) is 1. The molecule has 0 bridgehead atoms. The zero-order valence-electron chi connectivity index (χ0n) is 12.8. The second kappa shape index (κ2) is 7.53. The SMILES string of the molecule is COC(=O)C(C)c1cc(Br)c(C=C2SCCC2O)cc1OC. The highest BCUT2D eigenvalue weighted by atomic mass is 79.9. The Bertz CT molecular complexity index is 600. The van der Waals surface area contributed by atoms with Crippen LogP contribution in [0.25, 0.3) is 6.08 Å². The summed E-state index contributed by atoms with van der Waals surface area (Å²) in [6.45, 7) is 1.78. The number of carbonyl (C=O) groups is 1. The number of thioether (sulfide) groups is 1. The van der Waals surface area contributed by atoms with Gasteiger partial charge in [0, 0.05) is 20.7 Å². The third-order valence-corrected chi connectivity index (χ3v) is 5.51. The van der Waals surface area contributed by atoms with E-state index in [0.717, 1.165) is 32.7 Å². The Hall–Kier alpha value is -0.980. The van der Waals surface area contributed by atoms with Crippen molar-refractivity contribution in [1.29, 1.82) is 0 Å². The van der Waals surface area contributed by atoms with Gasteiger partial charge in [-0.25, -0.2) is 0 Å². The van der Waals surface area contributed by atoms with Crippen molar-refractivity contribution in [2.75, 3.05) is 20.0 Å². The molecular weight excluding hydrogens is 368 g/mol. The minimum Gasteiger partial charge on any atom is -0.496 e. The number of hydrogen-bond acceptors (Lipinski definition) is 5. The maximum Gasteiger partial charge on any atom is 0.312 e. The van der Waals surface area contributed by atoms with Crippen molar-refractivity contribution in [3.05, 3.63) is 32.6 Å². The van der Waals surface area contributed by atoms with Crippen LogP contribution in [0.15, 0.2) is 21.5 Å². The first kappa shape index (κ1) is 17.4. The summed E-state index contributed by atoms with van der Waals surface area (Å²) in [5.41, 5.74) is 1.68. The quantitative estimate of drug-likeness (QED) is 0.801. The van der Waals surface area contributed by atoms with Crippen LogP contribution in [0.5, 0.6) is 5.75 Å². The molecule has 1 aliphatic rings. The fraction of sp³-hybridized carbons (Fsp3) is 0.438. The summed E-state index contributed by atoms with van der Waals surface area (Å²) in [6.07, 6.45) is 2.35. The number of aliphatic hydroxyl groups excluding tert-OH is 1. The number of ether oxygens (including phenoxy) is 2. The predicted molar refractivity (Wildman–Crippen MR) is 92.2 cm³/mol. The molecule has 120 valence electrons. The molecule has 0 saturated carbocycles. The number of aliphatic hydroxyl groups is 1. The van der Waals surface area contributed by atoms with E-state index >= 15 is 0 Å². The fourth-order valence-electron chi connectivity index (χ4n) is 2.33. The van der Waals surface area contributed by atoms with E-state index in [4.69, 9.17) is 9.47 Å². The number of benzene rings is 1. The Kier molecular flexibility index (Phi) is 5.94. The highest BCUT2D eigenvalue weighted by Gasteiger charge is 2.23. The van der Waals surface area contributed by atoms with Gasteiger partial charge in [0.05, 0.1) is 26.2 Å². The van der Waals surface area contributed by atoms with E-state index in [0.29, 0.717) is 5.75 Å². The van der Waals surface area contributed by atoms with Crippen LogP contribution in [0.2, 0.25) is 0 Å². The smallest absolute Gasteiger partial charge is 0.312 e. The normalized spacial score (nSPS) is 21.0. The van der Waals surface area contributed by atoms with Crippen LogP contribution in [-0.4, -0.2) is 37.2 Å². The largest absolute Gasteiger partial charge is 0.496 e. The lowest BCUT2D eigenvalue weighted by atomic mass is 9.98. The van der Waals surface area contributed by atoms with Gasteiger partial charge in [0.1, 0.15) is 5.75 Å². The van der Waals surface area contributed by atoms with Crippen molar-refractivity contribution in [2.45, 2.75) is 25.4 Å². The third kappa shape index (κ3) is 3.67. The maximum absolute atomic E-state index is 11.8. The molecule has 2 unspecified atom stereocenters. The first-order valence-corrected chi connectivity index (χ1v) is 8.73. The summed E-state index contributed by atoms with van der Waals surface area (Å²) >= 11 is 5.20. The lowest BCUT2D eigenvalue weighted by molar-refractivity contribution is -0.142. The zero-order chi connectivity index (χ0) is 16.3. The van der Waals surface area contributed by atoms with Gasteiger partial charge in [-0.3, -0.25) is 4.79 Å². The van der Waals surface area contributed by atoms with Crippen molar-refractivity contribution in [2.24, 2.45) is 0 Å². The molecule has 0 amide bonds. The summed E-state index contributed by atoms with van der Waals surface area (Å²) < 4.78 is 11.1. The van der Waals surface area contributed by atoms with Crippen molar-refractivity contribution < 1.29 is 19.4 Å². The zero-order valence-corrected chi connectivity index (χ0v) is 15.2. The van der Waals surface area contributed by atoms with E-state index in [1.807, 2.05) is 18.2 Å². The Morgan fingerprint density at radius 3 is 2.77 bits per heavy atom. The van der Waals surface area contributed by atoms with E-state index in [1.165, 1.54) is 7.11 Å². The Morgan fingerprint density at radius 1 is 1.50 bits per heavy atom. The van der Waals surface area contributed by atoms with Crippen LogP contribution >= 0.6 is 27.7 Å². The number of methoxy groups -OCH3 is 2. The van der Waals surface area contributed by atoms with Crippen LogP contribution in [-0.2, 0) is 9.53 Å². The first-order chi connectivity index (χ1) is 10.5. The summed E-state index contributed by atoms with van der Waals surface area (Å²) in [5.74, 6) is 0.840. The van der Waals surface area contributed by atoms with E-state index < -0.39 is 12.0 Å². The van der Waals surface area contributed by atoms with E-state index in [1.54, 1.807) is 25.8 Å². The molecular formula is C16H19BrO4S. The molecule has 1 N–H and O–H groups in total. The van der Waals surface area contributed by atoms with Gasteiger partial charge < -0.3 is 14.6 Å². The van der Waals surface area contributed by atoms with Crippen molar-refractivity contribution in [3.63, 3.8) is 0 Å². The van der Waals surface area contributed by atoms with E-state index in [9.17, 15) is 9.90 Å². The second-order valence-corrected chi connectivity index (χ2v) is 7.08. The molecule has 22 heavy (non-hydrogen) atoms. The van der Waals surface area contributed by atoms with Crippen molar-refractivity contribution >= 4 is 39.7 Å². The molecule has 1 aliphatic heterocycles. The van der Waals surface area contributed by atoms with Crippen LogP contribution in [0.1, 0.15) is 30.4 Å². The number of carbonyl (C=O) groups excluding carboxylic acids is 1. The monoisotopic (exact) mass is 386 g/mol. The van der Waals surface area contributed by atoms with Crippen molar-refractivity contribution in [1.82, 2.24) is 0 Å². The topological polar surface area (TPSA) is 55.8 Å². The van der Waals surface area contributed by atoms with Gasteiger partial charge in [-0.15, -0.1) is 11.8 Å². The minimum atomic E-state index is -0.413. The molecule has 0 aromatic heterocycles. The van der Waals surface area contributed by atoms with Crippen LogP contribution in [0.3, 0.4) is 0 Å². The summed E-state index contributed by atoms with van der Waals surface area (Å²) in [7, 11) is 2.95. The number of rotatable bonds is 4. The lowest BCUT2D eigenvalue weighted by Gasteiger charge is -2.16. The van der Waals surface area contributed by atoms with Gasteiger partial charge >= 0.3 is 5.97 Å². The molecule has 4 nitrogen and oxygen atoms in total. The van der Waals surface area contributed by atoms with Crippen LogP contribution in [0, 0.1) is 0 Å². The number of esters is 1. The molecule has 1 heterocycles. The maximum atomic E-state index is 11.8. The average Bonchev–Trinajstić information content (AvgIpc) is 2.92. The highest BCUT2D eigenvalue weighted by molar-refractivity contribution is 9.10. The van der Waals surface area contributed by atoms with Gasteiger partial charge in [-0.1, -0.05) is 15.9 Å². The third-order valence-electron chi connectivity index (χ3n) is 3.66. The summed E-state index contributed by atoms with van der Waals surface area (Å²) in [5, 5.41) is 9.92. The Balaban J connectivity index is 2.41. The van der Waals surface area contributed by atoms with Gasteiger partial charge in [-0.2, -0.15) is 0 Å². The molecule has 2 rings (SSSR count). The molecule has 0 spiro atoms. The fourth-order valence-corrected chi connectivity index (χ4v) is 3.90. The van der Waals surface area contributed by atoms with Gasteiger partial charge in [0.15, 0.2) is 0 Å². The standard InChI is InChI=1S/C16H19BrO4S/c1-9(16(19)21-3)11-8-12(17)10(6-14(11)20-2)7-15-13(18)4-5-22-15/h6-9,13,18H,4-5H2,1-3H3. The molecule has 0 aliphatic carbocycles. The molecule has 1 aromatic carbocycles. The Morgan fingerprint density at radius 2 is 2.23 bits per heavy atom. The summed E-state index contributed by atoms with van der Waals surface area (Å²) in [4.78, 5) is 12.7. The average molecular weight is 387 g/mol. The van der Waals surface area contributed by atoms with Gasteiger partial charge in [0.2, 0.25) is 0 Å². The first-order valence-electron chi connectivity index (χ1n) is 6.95. The van der Waals surface area contributed by atoms with E-state index in [-0.39, 0.29) is 5.97 Å². The summed E-state index contributed by atoms with van der Waals surface area (Å²) in [6, 6.07) is 3.75. The molecule has 1 fully saturated rings. The van der Waals surface area contributed by atoms with Crippen LogP contribution < -0.4 is 4.74 Å². The molecule has 1 saturated heterocycles. The van der Waals surface area contributed by atoms with Gasteiger partial charge in [0.25, 0.3) is 0 Å². The highest BCUT2D eigenvalue weighted by Crippen LogP contribution is 2.37. The minimum absolute atomic E-state index is 0.307. The van der Waals surface area contributed by atoms with Gasteiger partial charge in [-0.05, 0) is 37.1 Å². The second-order valence-electron chi connectivity index (χ2n) is 5.06. The van der Waals surface area contributed by atoms with E-state index in [2.05, 4.69) is 15.9 Å². The number of halogens is 1. The Labute approximate surface area is 143 Å². The lowest BCUT2D eigenvalue weighted by Crippen LogP contribution is -2.12. The predicted octanol–water partition coefficient (Wildman–Crippen LogP) is 3.57. The molecule has 0 radical (unpaired) electrons. The molecule has 6 heteroatoms. The molecule has 1 aromatic rings.